The number of carbonyl (C=O) groups is 1. The highest BCUT2D eigenvalue weighted by Crippen LogP contribution is 2.23. The Bertz CT molecular complexity index is 542. The highest BCUT2D eigenvalue weighted by Gasteiger charge is 2.26. The second kappa shape index (κ2) is 6.62. The van der Waals surface area contributed by atoms with E-state index >= 15 is 0 Å². The number of amides is 1. The topological polar surface area (TPSA) is 89.5 Å². The molecule has 1 aliphatic rings. The predicted octanol–water partition coefficient (Wildman–Crippen LogP) is 1.93. The molecule has 1 heterocycles. The van der Waals surface area contributed by atoms with Crippen molar-refractivity contribution in [1.29, 1.82) is 0 Å². The number of hydrogen-bond acceptors (Lipinski definition) is 4. The monoisotopic (exact) mass is 295 g/mol. The van der Waals surface area contributed by atoms with Crippen LogP contribution < -0.4 is 5.73 Å². The minimum Gasteiger partial charge on any atom is -0.339 e. The summed E-state index contributed by atoms with van der Waals surface area (Å²) in [7, 11) is 0. The standard InChI is InChI=1S/C14H18FN3O3/c15-13-2-1-11(18(20)21)9-12(13)14(19)17-7-4-10(3-6-16)5-8-17/h1-2,9-10H,3-8,16H2. The summed E-state index contributed by atoms with van der Waals surface area (Å²) in [6, 6.07) is 3.02. The summed E-state index contributed by atoms with van der Waals surface area (Å²) in [6.07, 6.45) is 2.59. The molecule has 1 aromatic carbocycles. The maximum Gasteiger partial charge on any atom is 0.270 e. The van der Waals surface area contributed by atoms with Crippen molar-refractivity contribution in [2.45, 2.75) is 19.3 Å². The van der Waals surface area contributed by atoms with Crippen molar-refractivity contribution in [2.24, 2.45) is 11.7 Å². The molecule has 1 aromatic rings. The van der Waals surface area contributed by atoms with Crippen LogP contribution in [0.5, 0.6) is 0 Å². The Morgan fingerprint density at radius 1 is 1.43 bits per heavy atom. The summed E-state index contributed by atoms with van der Waals surface area (Å²) in [6.45, 7) is 1.69. The molecule has 1 aliphatic heterocycles. The normalized spacial score (nSPS) is 16.0. The Morgan fingerprint density at radius 3 is 2.67 bits per heavy atom. The zero-order valence-corrected chi connectivity index (χ0v) is 11.6. The molecule has 21 heavy (non-hydrogen) atoms. The molecule has 1 amide bonds. The van der Waals surface area contributed by atoms with E-state index in [4.69, 9.17) is 5.73 Å². The minimum atomic E-state index is -0.727. The van der Waals surface area contributed by atoms with Gasteiger partial charge in [0.15, 0.2) is 0 Å². The average Bonchev–Trinajstić information content (AvgIpc) is 2.48. The number of non-ortho nitro benzene ring substituents is 1. The van der Waals surface area contributed by atoms with Gasteiger partial charge in [-0.1, -0.05) is 0 Å². The number of benzene rings is 1. The fourth-order valence-corrected chi connectivity index (χ4v) is 2.62. The number of likely N-dealkylation sites (tertiary alicyclic amines) is 1. The molecule has 0 atom stereocenters. The molecule has 0 radical (unpaired) electrons. The summed E-state index contributed by atoms with van der Waals surface area (Å²) in [5.41, 5.74) is 5.00. The van der Waals surface area contributed by atoms with Crippen molar-refractivity contribution in [3.8, 4) is 0 Å². The van der Waals surface area contributed by atoms with E-state index in [9.17, 15) is 19.3 Å². The van der Waals surface area contributed by atoms with Crippen molar-refractivity contribution in [2.75, 3.05) is 19.6 Å². The van der Waals surface area contributed by atoms with E-state index in [0.717, 1.165) is 37.5 Å². The number of nitro benzene ring substituents is 1. The van der Waals surface area contributed by atoms with Gasteiger partial charge < -0.3 is 10.6 Å². The van der Waals surface area contributed by atoms with Gasteiger partial charge in [0.25, 0.3) is 11.6 Å². The van der Waals surface area contributed by atoms with Crippen LogP contribution in [-0.4, -0.2) is 35.4 Å². The highest BCUT2D eigenvalue weighted by molar-refractivity contribution is 5.95. The number of piperidine rings is 1. The van der Waals surface area contributed by atoms with E-state index in [1.54, 1.807) is 4.90 Å². The quantitative estimate of drug-likeness (QED) is 0.679. The van der Waals surface area contributed by atoms with Gasteiger partial charge in [0, 0.05) is 25.2 Å². The van der Waals surface area contributed by atoms with E-state index in [0.29, 0.717) is 25.6 Å². The first-order chi connectivity index (χ1) is 10.0. The first-order valence-electron chi connectivity index (χ1n) is 6.96. The maximum atomic E-state index is 13.7. The molecule has 0 bridgehead atoms. The lowest BCUT2D eigenvalue weighted by molar-refractivity contribution is -0.384. The molecule has 2 rings (SSSR count). The summed E-state index contributed by atoms with van der Waals surface area (Å²) in [5.74, 6) is -0.717. The van der Waals surface area contributed by atoms with Crippen LogP contribution in [-0.2, 0) is 0 Å². The fraction of sp³-hybridized carbons (Fsp3) is 0.500. The van der Waals surface area contributed by atoms with Crippen LogP contribution in [0.1, 0.15) is 29.6 Å². The van der Waals surface area contributed by atoms with Gasteiger partial charge in [-0.25, -0.2) is 4.39 Å². The van der Waals surface area contributed by atoms with E-state index < -0.39 is 16.6 Å². The van der Waals surface area contributed by atoms with Crippen molar-refractivity contribution in [3.05, 3.63) is 39.7 Å². The van der Waals surface area contributed by atoms with Gasteiger partial charge in [0.2, 0.25) is 0 Å². The molecular formula is C14H18FN3O3. The molecule has 1 saturated heterocycles. The number of nitrogens with zero attached hydrogens (tertiary/aromatic N) is 2. The Balaban J connectivity index is 2.10. The smallest absolute Gasteiger partial charge is 0.270 e. The van der Waals surface area contributed by atoms with Crippen LogP contribution in [0, 0.1) is 21.8 Å². The SMILES string of the molecule is NCCC1CCN(C(=O)c2cc([N+](=O)[O-])ccc2F)CC1. The van der Waals surface area contributed by atoms with Crippen LogP contribution in [0.3, 0.4) is 0 Å². The Hall–Kier alpha value is -2.02. The third-order valence-corrected chi connectivity index (χ3v) is 3.87. The molecule has 0 spiro atoms. The van der Waals surface area contributed by atoms with E-state index in [1.165, 1.54) is 0 Å². The Morgan fingerprint density at radius 2 is 2.10 bits per heavy atom. The van der Waals surface area contributed by atoms with Crippen LogP contribution in [0.2, 0.25) is 0 Å². The molecule has 6 nitrogen and oxygen atoms in total. The summed E-state index contributed by atoms with van der Waals surface area (Å²) < 4.78 is 13.7. The molecule has 7 heteroatoms. The van der Waals surface area contributed by atoms with Crippen molar-refractivity contribution >= 4 is 11.6 Å². The van der Waals surface area contributed by atoms with Gasteiger partial charge in [0.1, 0.15) is 5.82 Å². The first-order valence-corrected chi connectivity index (χ1v) is 6.96. The van der Waals surface area contributed by atoms with Gasteiger partial charge in [-0.3, -0.25) is 14.9 Å². The predicted molar refractivity (Wildman–Crippen MR) is 75.4 cm³/mol. The number of carbonyl (C=O) groups excluding carboxylic acids is 1. The van der Waals surface area contributed by atoms with Gasteiger partial charge >= 0.3 is 0 Å². The van der Waals surface area contributed by atoms with Crippen LogP contribution in [0.15, 0.2) is 18.2 Å². The molecule has 1 fully saturated rings. The van der Waals surface area contributed by atoms with Gasteiger partial charge in [-0.2, -0.15) is 0 Å². The lowest BCUT2D eigenvalue weighted by Gasteiger charge is -2.32. The average molecular weight is 295 g/mol. The number of halogens is 1. The number of nitro groups is 1. The Labute approximate surface area is 121 Å². The number of rotatable bonds is 4. The third kappa shape index (κ3) is 3.55. The van der Waals surface area contributed by atoms with Crippen molar-refractivity contribution in [1.82, 2.24) is 4.90 Å². The van der Waals surface area contributed by atoms with Gasteiger partial charge in [-0.05, 0) is 37.8 Å². The fourth-order valence-electron chi connectivity index (χ4n) is 2.62. The van der Waals surface area contributed by atoms with Crippen molar-refractivity contribution in [3.63, 3.8) is 0 Å². The second-order valence-corrected chi connectivity index (χ2v) is 5.23. The van der Waals surface area contributed by atoms with Crippen molar-refractivity contribution < 1.29 is 14.1 Å². The highest BCUT2D eigenvalue weighted by atomic mass is 19.1. The molecule has 0 aliphatic carbocycles. The molecule has 2 N–H and O–H groups in total. The summed E-state index contributed by atoms with van der Waals surface area (Å²) in [5, 5.41) is 10.7. The second-order valence-electron chi connectivity index (χ2n) is 5.23. The molecule has 0 unspecified atom stereocenters. The molecule has 0 aromatic heterocycles. The summed E-state index contributed by atoms with van der Waals surface area (Å²) >= 11 is 0. The van der Waals surface area contributed by atoms with Crippen LogP contribution in [0.4, 0.5) is 10.1 Å². The molecular weight excluding hydrogens is 277 g/mol. The maximum absolute atomic E-state index is 13.7. The lowest BCUT2D eigenvalue weighted by Crippen LogP contribution is -2.39. The largest absolute Gasteiger partial charge is 0.339 e. The summed E-state index contributed by atoms with van der Waals surface area (Å²) in [4.78, 5) is 23.9. The number of nitrogens with two attached hydrogens (primary N) is 1. The first kappa shape index (κ1) is 15.4. The van der Waals surface area contributed by atoms with E-state index in [1.807, 2.05) is 0 Å². The minimum absolute atomic E-state index is 0.235. The van der Waals surface area contributed by atoms with Crippen LogP contribution >= 0.6 is 0 Å². The Kier molecular flexibility index (Phi) is 4.85. The van der Waals surface area contributed by atoms with Gasteiger partial charge in [0.05, 0.1) is 10.5 Å². The van der Waals surface area contributed by atoms with Gasteiger partial charge in [-0.15, -0.1) is 0 Å². The number of hydrogen-bond donors (Lipinski definition) is 1. The van der Waals surface area contributed by atoms with Crippen LogP contribution in [0.25, 0.3) is 0 Å². The molecule has 114 valence electrons. The van der Waals surface area contributed by atoms with E-state index in [2.05, 4.69) is 0 Å². The third-order valence-electron chi connectivity index (χ3n) is 3.87. The zero-order valence-electron chi connectivity index (χ0n) is 11.6. The lowest BCUT2D eigenvalue weighted by atomic mass is 9.93. The zero-order chi connectivity index (χ0) is 15.4. The van der Waals surface area contributed by atoms with E-state index in [-0.39, 0.29) is 11.3 Å². The molecule has 0 saturated carbocycles.